The van der Waals surface area contributed by atoms with Crippen molar-refractivity contribution in [1.29, 1.82) is 0 Å². The Bertz CT molecular complexity index is 423. The summed E-state index contributed by atoms with van der Waals surface area (Å²) in [7, 11) is 1.61. The van der Waals surface area contributed by atoms with Crippen LogP contribution in [0.3, 0.4) is 0 Å². The molecule has 4 atom stereocenters. The second kappa shape index (κ2) is 6.14. The van der Waals surface area contributed by atoms with Gasteiger partial charge in [0.1, 0.15) is 18.3 Å². The first-order chi connectivity index (χ1) is 9.13. The topological polar surface area (TPSA) is 67.8 Å². The maximum Gasteiger partial charge on any atom is 0.303 e. The van der Waals surface area contributed by atoms with Crippen molar-refractivity contribution in [2.24, 2.45) is 0 Å². The Balaban J connectivity index is 2.20. The van der Waals surface area contributed by atoms with Gasteiger partial charge in [0.25, 0.3) is 0 Å². The highest BCUT2D eigenvalue weighted by Gasteiger charge is 2.42. The largest absolute Gasteiger partial charge is 0.458 e. The molecule has 104 valence electrons. The van der Waals surface area contributed by atoms with Gasteiger partial charge in [-0.2, -0.15) is 0 Å². The van der Waals surface area contributed by atoms with E-state index >= 15 is 0 Å². The van der Waals surface area contributed by atoms with E-state index in [0.29, 0.717) is 6.54 Å². The Kier molecular flexibility index (Phi) is 4.52. The van der Waals surface area contributed by atoms with Gasteiger partial charge in [-0.25, -0.2) is 0 Å². The van der Waals surface area contributed by atoms with Gasteiger partial charge in [0.05, 0.1) is 6.04 Å². The van der Waals surface area contributed by atoms with Crippen molar-refractivity contribution in [3.05, 3.63) is 35.9 Å². The SMILES string of the molecule is COC(c1ccccc1)C1NCC(O)C1OC(C)=O. The van der Waals surface area contributed by atoms with Crippen molar-refractivity contribution in [1.82, 2.24) is 5.32 Å². The molecule has 4 unspecified atom stereocenters. The number of methoxy groups -OCH3 is 1. The first kappa shape index (κ1) is 14.0. The molecule has 1 aromatic rings. The van der Waals surface area contributed by atoms with Gasteiger partial charge in [-0.1, -0.05) is 30.3 Å². The predicted octanol–water partition coefficient (Wildman–Crippen LogP) is 0.638. The van der Waals surface area contributed by atoms with E-state index in [4.69, 9.17) is 9.47 Å². The zero-order valence-corrected chi connectivity index (χ0v) is 11.1. The Morgan fingerprint density at radius 1 is 1.42 bits per heavy atom. The minimum Gasteiger partial charge on any atom is -0.458 e. The van der Waals surface area contributed by atoms with Crippen LogP contribution in [0.25, 0.3) is 0 Å². The molecule has 0 saturated carbocycles. The van der Waals surface area contributed by atoms with E-state index in [0.717, 1.165) is 5.56 Å². The highest BCUT2D eigenvalue weighted by molar-refractivity contribution is 5.66. The molecule has 2 rings (SSSR count). The summed E-state index contributed by atoms with van der Waals surface area (Å²) >= 11 is 0. The van der Waals surface area contributed by atoms with Gasteiger partial charge in [0.15, 0.2) is 0 Å². The summed E-state index contributed by atoms with van der Waals surface area (Å²) in [6.07, 6.45) is -1.58. The fourth-order valence-electron chi connectivity index (χ4n) is 2.48. The minimum absolute atomic E-state index is 0.258. The lowest BCUT2D eigenvalue weighted by Gasteiger charge is -2.28. The van der Waals surface area contributed by atoms with Crippen molar-refractivity contribution in [3.8, 4) is 0 Å². The number of nitrogens with one attached hydrogen (secondary N) is 1. The molecule has 1 aromatic carbocycles. The number of rotatable bonds is 4. The number of esters is 1. The molecular formula is C14H19NO4. The number of aliphatic hydroxyl groups is 1. The lowest BCUT2D eigenvalue weighted by atomic mass is 9.98. The van der Waals surface area contributed by atoms with Crippen LogP contribution in [-0.4, -0.2) is 43.0 Å². The van der Waals surface area contributed by atoms with Gasteiger partial charge in [0.2, 0.25) is 0 Å². The highest BCUT2D eigenvalue weighted by Crippen LogP contribution is 2.28. The molecule has 0 spiro atoms. The predicted molar refractivity (Wildman–Crippen MR) is 69.5 cm³/mol. The zero-order chi connectivity index (χ0) is 13.8. The molecule has 0 aliphatic carbocycles. The summed E-state index contributed by atoms with van der Waals surface area (Å²) in [6, 6.07) is 9.42. The highest BCUT2D eigenvalue weighted by atomic mass is 16.6. The molecule has 1 heterocycles. The van der Waals surface area contributed by atoms with E-state index in [1.165, 1.54) is 6.92 Å². The van der Waals surface area contributed by atoms with Crippen molar-refractivity contribution < 1.29 is 19.4 Å². The molecule has 1 fully saturated rings. The second-order valence-electron chi connectivity index (χ2n) is 4.64. The third kappa shape index (κ3) is 3.12. The molecule has 1 aliphatic rings. The number of carbonyl (C=O) groups excluding carboxylic acids is 1. The van der Waals surface area contributed by atoms with Gasteiger partial charge in [-0.05, 0) is 5.56 Å². The fraction of sp³-hybridized carbons (Fsp3) is 0.500. The van der Waals surface area contributed by atoms with Crippen LogP contribution in [0.5, 0.6) is 0 Å². The van der Waals surface area contributed by atoms with Gasteiger partial charge in [-0.15, -0.1) is 0 Å². The molecule has 5 heteroatoms. The second-order valence-corrected chi connectivity index (χ2v) is 4.64. The molecule has 0 amide bonds. The average molecular weight is 265 g/mol. The molecule has 0 bridgehead atoms. The Labute approximate surface area is 112 Å². The Morgan fingerprint density at radius 2 is 2.11 bits per heavy atom. The third-order valence-electron chi connectivity index (χ3n) is 3.31. The minimum atomic E-state index is -0.713. The number of hydrogen-bond donors (Lipinski definition) is 2. The third-order valence-corrected chi connectivity index (χ3v) is 3.31. The van der Waals surface area contributed by atoms with Crippen LogP contribution < -0.4 is 5.32 Å². The smallest absolute Gasteiger partial charge is 0.303 e. The summed E-state index contributed by atoms with van der Waals surface area (Å²) in [5.41, 5.74) is 0.980. The van der Waals surface area contributed by atoms with Crippen molar-refractivity contribution >= 4 is 5.97 Å². The quantitative estimate of drug-likeness (QED) is 0.782. The monoisotopic (exact) mass is 265 g/mol. The maximum atomic E-state index is 11.1. The Morgan fingerprint density at radius 3 is 2.68 bits per heavy atom. The first-order valence-electron chi connectivity index (χ1n) is 6.30. The van der Waals surface area contributed by atoms with Crippen LogP contribution >= 0.6 is 0 Å². The van der Waals surface area contributed by atoms with E-state index in [2.05, 4.69) is 5.32 Å². The van der Waals surface area contributed by atoms with Crippen LogP contribution in [0.1, 0.15) is 18.6 Å². The van der Waals surface area contributed by atoms with Gasteiger partial charge in [-0.3, -0.25) is 4.79 Å². The molecule has 19 heavy (non-hydrogen) atoms. The summed E-state index contributed by atoms with van der Waals surface area (Å²) in [4.78, 5) is 11.1. The number of benzene rings is 1. The molecule has 1 aliphatic heterocycles. The van der Waals surface area contributed by atoms with Crippen molar-refractivity contribution in [2.75, 3.05) is 13.7 Å². The zero-order valence-electron chi connectivity index (χ0n) is 11.1. The number of carbonyl (C=O) groups is 1. The van der Waals surface area contributed by atoms with Gasteiger partial charge < -0.3 is 19.9 Å². The average Bonchev–Trinajstić information content (AvgIpc) is 2.74. The van der Waals surface area contributed by atoms with Crippen LogP contribution in [0.2, 0.25) is 0 Å². The summed E-state index contributed by atoms with van der Waals surface area (Å²) < 4.78 is 10.7. The maximum absolute atomic E-state index is 11.1. The summed E-state index contributed by atoms with van der Waals surface area (Å²) in [5, 5.41) is 13.1. The molecular weight excluding hydrogens is 246 g/mol. The van der Waals surface area contributed by atoms with Crippen LogP contribution in [0.15, 0.2) is 30.3 Å². The first-order valence-corrected chi connectivity index (χ1v) is 6.30. The lowest BCUT2D eigenvalue weighted by Crippen LogP contribution is -2.42. The van der Waals surface area contributed by atoms with Crippen molar-refractivity contribution in [3.63, 3.8) is 0 Å². The molecule has 0 radical (unpaired) electrons. The number of aliphatic hydroxyl groups excluding tert-OH is 1. The van der Waals surface area contributed by atoms with E-state index in [1.54, 1.807) is 7.11 Å². The molecule has 2 N–H and O–H groups in total. The lowest BCUT2D eigenvalue weighted by molar-refractivity contribution is -0.153. The van der Waals surface area contributed by atoms with Crippen LogP contribution in [0, 0.1) is 0 Å². The van der Waals surface area contributed by atoms with Crippen LogP contribution in [-0.2, 0) is 14.3 Å². The normalized spacial score (nSPS) is 28.1. The van der Waals surface area contributed by atoms with E-state index < -0.39 is 18.2 Å². The number of ether oxygens (including phenoxy) is 2. The van der Waals surface area contributed by atoms with E-state index in [-0.39, 0.29) is 12.1 Å². The molecule has 5 nitrogen and oxygen atoms in total. The van der Waals surface area contributed by atoms with Gasteiger partial charge in [0, 0.05) is 20.6 Å². The van der Waals surface area contributed by atoms with Crippen LogP contribution in [0.4, 0.5) is 0 Å². The standard InChI is InChI=1S/C14H19NO4/c1-9(16)19-14-11(17)8-15-12(14)13(18-2)10-6-4-3-5-7-10/h3-7,11-15,17H,8H2,1-2H3. The fourth-order valence-corrected chi connectivity index (χ4v) is 2.48. The Hall–Kier alpha value is -1.43. The van der Waals surface area contributed by atoms with E-state index in [1.807, 2.05) is 30.3 Å². The summed E-state index contributed by atoms with van der Waals surface area (Å²) in [6.45, 7) is 1.72. The number of hydrogen-bond acceptors (Lipinski definition) is 5. The van der Waals surface area contributed by atoms with Crippen molar-refractivity contribution in [2.45, 2.75) is 31.3 Å². The number of β-amino-alcohol motifs (C(OH)–C–C–N with tert-alkyl or cyclic N) is 1. The van der Waals surface area contributed by atoms with Gasteiger partial charge >= 0.3 is 5.97 Å². The summed E-state index contributed by atoms with van der Waals surface area (Å²) in [5.74, 6) is -0.402. The molecule has 1 saturated heterocycles. The van der Waals surface area contributed by atoms with E-state index in [9.17, 15) is 9.90 Å². The molecule has 0 aromatic heterocycles.